The first-order valence-corrected chi connectivity index (χ1v) is 5.50. The smallest absolute Gasteiger partial charge is 0.148 e. The monoisotopic (exact) mass is 239 g/mol. The number of aliphatic hydroxyl groups excluding tert-OH is 1. The van der Waals surface area contributed by atoms with Crippen LogP contribution in [-0.2, 0) is 0 Å². The maximum absolute atomic E-state index is 9.39. The molecule has 17 heavy (non-hydrogen) atoms. The molecule has 6 heteroatoms. The van der Waals surface area contributed by atoms with E-state index in [4.69, 9.17) is 5.84 Å². The van der Waals surface area contributed by atoms with Crippen LogP contribution in [-0.4, -0.2) is 34.3 Å². The molecule has 4 N–H and O–H groups in total. The minimum Gasteiger partial charge on any atom is -0.394 e. The number of anilines is 2. The number of nitrogen functional groups attached to an aromatic ring is 1. The third-order valence-electron chi connectivity index (χ3n) is 2.98. The van der Waals surface area contributed by atoms with Gasteiger partial charge in [0.2, 0.25) is 0 Å². The molecule has 0 fully saturated rings. The van der Waals surface area contributed by atoms with Crippen molar-refractivity contribution in [2.24, 2.45) is 5.84 Å². The Kier molecular flexibility index (Phi) is 3.90. The number of aryl methyl sites for hydroxylation is 1. The van der Waals surface area contributed by atoms with Gasteiger partial charge < -0.3 is 15.4 Å². The second kappa shape index (κ2) is 4.85. The highest BCUT2D eigenvalue weighted by Crippen LogP contribution is 2.26. The predicted molar refractivity (Wildman–Crippen MR) is 68.9 cm³/mol. The van der Waals surface area contributed by atoms with Crippen LogP contribution in [0.15, 0.2) is 0 Å². The second-order valence-electron chi connectivity index (χ2n) is 4.74. The number of rotatable bonds is 4. The molecule has 0 unspecified atom stereocenters. The highest BCUT2D eigenvalue weighted by atomic mass is 16.3. The van der Waals surface area contributed by atoms with E-state index in [2.05, 4.69) is 15.4 Å². The van der Waals surface area contributed by atoms with Crippen molar-refractivity contribution in [3.8, 4) is 0 Å². The number of likely N-dealkylation sites (N-methyl/N-ethyl adjacent to an activating group) is 1. The standard InChI is InChI=1S/C11H21N5O/c1-7-9(15-12)13-8(2)14-10(7)16(5)11(3,4)6-17/h17H,6,12H2,1-5H3,(H,13,14,15). The van der Waals surface area contributed by atoms with Crippen LogP contribution in [0.1, 0.15) is 25.2 Å². The summed E-state index contributed by atoms with van der Waals surface area (Å²) in [5.41, 5.74) is 3.03. The molecule has 1 aromatic rings. The number of hydrogen-bond donors (Lipinski definition) is 3. The van der Waals surface area contributed by atoms with Gasteiger partial charge in [-0.1, -0.05) is 0 Å². The number of hydrogen-bond acceptors (Lipinski definition) is 6. The topological polar surface area (TPSA) is 87.3 Å². The van der Waals surface area contributed by atoms with Crippen molar-refractivity contribution in [2.45, 2.75) is 33.2 Å². The van der Waals surface area contributed by atoms with E-state index in [0.29, 0.717) is 11.6 Å². The van der Waals surface area contributed by atoms with E-state index >= 15 is 0 Å². The Labute approximate surface area is 102 Å². The molecule has 6 nitrogen and oxygen atoms in total. The Morgan fingerprint density at radius 3 is 2.41 bits per heavy atom. The molecule has 0 amide bonds. The van der Waals surface area contributed by atoms with Crippen molar-refractivity contribution in [3.05, 3.63) is 11.4 Å². The molecule has 0 aliphatic carbocycles. The van der Waals surface area contributed by atoms with Gasteiger partial charge in [-0.15, -0.1) is 0 Å². The summed E-state index contributed by atoms with van der Waals surface area (Å²) < 4.78 is 0. The van der Waals surface area contributed by atoms with Crippen LogP contribution in [0.3, 0.4) is 0 Å². The van der Waals surface area contributed by atoms with Crippen LogP contribution >= 0.6 is 0 Å². The van der Waals surface area contributed by atoms with Gasteiger partial charge in [-0.05, 0) is 27.7 Å². The SMILES string of the molecule is Cc1nc(NN)c(C)c(N(C)C(C)(C)CO)n1. The molecule has 0 aliphatic heterocycles. The number of nitrogens with one attached hydrogen (secondary N) is 1. The summed E-state index contributed by atoms with van der Waals surface area (Å²) in [4.78, 5) is 10.5. The largest absolute Gasteiger partial charge is 0.394 e. The van der Waals surface area contributed by atoms with E-state index < -0.39 is 5.54 Å². The van der Waals surface area contributed by atoms with Gasteiger partial charge in [0.1, 0.15) is 17.5 Å². The summed E-state index contributed by atoms with van der Waals surface area (Å²) in [7, 11) is 1.89. The van der Waals surface area contributed by atoms with E-state index in [1.807, 2.05) is 39.6 Å². The van der Waals surface area contributed by atoms with Gasteiger partial charge in [0, 0.05) is 12.6 Å². The number of hydrazine groups is 1. The zero-order valence-electron chi connectivity index (χ0n) is 11.1. The Morgan fingerprint density at radius 2 is 1.94 bits per heavy atom. The lowest BCUT2D eigenvalue weighted by Crippen LogP contribution is -2.45. The minimum atomic E-state index is -0.391. The lowest BCUT2D eigenvalue weighted by Gasteiger charge is -2.36. The lowest BCUT2D eigenvalue weighted by molar-refractivity contribution is 0.215. The van der Waals surface area contributed by atoms with E-state index in [1.54, 1.807) is 0 Å². The summed E-state index contributed by atoms with van der Waals surface area (Å²) >= 11 is 0. The Balaban J connectivity index is 3.26. The average Bonchev–Trinajstić information content (AvgIpc) is 2.30. The predicted octanol–water partition coefficient (Wildman–Crippen LogP) is 0.586. The molecule has 0 aliphatic rings. The lowest BCUT2D eigenvalue weighted by atomic mass is 10.0. The van der Waals surface area contributed by atoms with Crippen LogP contribution in [0, 0.1) is 13.8 Å². The molecule has 0 saturated carbocycles. The summed E-state index contributed by atoms with van der Waals surface area (Å²) in [5.74, 6) is 7.43. The maximum atomic E-state index is 9.39. The van der Waals surface area contributed by atoms with Crippen LogP contribution < -0.4 is 16.2 Å². The molecule has 0 aromatic carbocycles. The van der Waals surface area contributed by atoms with Crippen molar-refractivity contribution in [3.63, 3.8) is 0 Å². The summed E-state index contributed by atoms with van der Waals surface area (Å²) in [6.07, 6.45) is 0. The third kappa shape index (κ3) is 2.65. The summed E-state index contributed by atoms with van der Waals surface area (Å²) in [6.45, 7) is 7.63. The highest BCUT2D eigenvalue weighted by molar-refractivity contribution is 5.58. The van der Waals surface area contributed by atoms with Crippen molar-refractivity contribution >= 4 is 11.6 Å². The van der Waals surface area contributed by atoms with E-state index in [1.165, 1.54) is 0 Å². The van der Waals surface area contributed by atoms with Gasteiger partial charge in [-0.2, -0.15) is 0 Å². The average molecular weight is 239 g/mol. The van der Waals surface area contributed by atoms with E-state index in [-0.39, 0.29) is 6.61 Å². The zero-order chi connectivity index (χ0) is 13.2. The van der Waals surface area contributed by atoms with Gasteiger partial charge >= 0.3 is 0 Å². The van der Waals surface area contributed by atoms with Crippen molar-refractivity contribution in [1.82, 2.24) is 9.97 Å². The molecule has 0 atom stereocenters. The molecule has 96 valence electrons. The molecular weight excluding hydrogens is 218 g/mol. The molecule has 1 rings (SSSR count). The fourth-order valence-electron chi connectivity index (χ4n) is 1.47. The summed E-state index contributed by atoms with van der Waals surface area (Å²) in [5, 5.41) is 9.39. The molecule has 0 spiro atoms. The first kappa shape index (κ1) is 13.7. The highest BCUT2D eigenvalue weighted by Gasteiger charge is 2.26. The fourth-order valence-corrected chi connectivity index (χ4v) is 1.47. The van der Waals surface area contributed by atoms with Gasteiger partial charge in [0.05, 0.1) is 12.1 Å². The molecule has 0 saturated heterocycles. The number of aromatic nitrogens is 2. The first-order valence-electron chi connectivity index (χ1n) is 5.50. The number of aliphatic hydroxyl groups is 1. The van der Waals surface area contributed by atoms with Crippen molar-refractivity contribution in [1.29, 1.82) is 0 Å². The van der Waals surface area contributed by atoms with Crippen LogP contribution in [0.25, 0.3) is 0 Å². The van der Waals surface area contributed by atoms with Crippen molar-refractivity contribution < 1.29 is 5.11 Å². The Bertz CT molecular complexity index is 405. The van der Waals surface area contributed by atoms with Crippen molar-refractivity contribution in [2.75, 3.05) is 24.0 Å². The Morgan fingerprint density at radius 1 is 1.35 bits per heavy atom. The second-order valence-corrected chi connectivity index (χ2v) is 4.74. The van der Waals surface area contributed by atoms with Crippen LogP contribution in [0.2, 0.25) is 0 Å². The van der Waals surface area contributed by atoms with Gasteiger partial charge in [-0.3, -0.25) is 0 Å². The summed E-state index contributed by atoms with van der Waals surface area (Å²) in [6, 6.07) is 0. The molecule has 0 bridgehead atoms. The zero-order valence-corrected chi connectivity index (χ0v) is 11.1. The molecular formula is C11H21N5O. The normalized spacial score (nSPS) is 11.5. The quantitative estimate of drug-likeness (QED) is 0.526. The number of nitrogens with zero attached hydrogens (tertiary/aromatic N) is 3. The molecule has 0 radical (unpaired) electrons. The van der Waals surface area contributed by atoms with E-state index in [0.717, 1.165) is 11.4 Å². The maximum Gasteiger partial charge on any atom is 0.148 e. The fraction of sp³-hybridized carbons (Fsp3) is 0.636. The molecule has 1 aromatic heterocycles. The number of nitrogens with two attached hydrogens (primary N) is 1. The molecule has 1 heterocycles. The third-order valence-corrected chi connectivity index (χ3v) is 2.98. The van der Waals surface area contributed by atoms with Crippen LogP contribution in [0.5, 0.6) is 0 Å². The van der Waals surface area contributed by atoms with Gasteiger partial charge in [-0.25, -0.2) is 15.8 Å². The van der Waals surface area contributed by atoms with Crippen LogP contribution in [0.4, 0.5) is 11.6 Å². The van der Waals surface area contributed by atoms with Gasteiger partial charge in [0.25, 0.3) is 0 Å². The minimum absolute atomic E-state index is 0.0391. The Hall–Kier alpha value is -1.40. The van der Waals surface area contributed by atoms with E-state index in [9.17, 15) is 5.11 Å². The first-order chi connectivity index (χ1) is 7.83. The van der Waals surface area contributed by atoms with Gasteiger partial charge in [0.15, 0.2) is 0 Å².